The predicted octanol–water partition coefficient (Wildman–Crippen LogP) is 4.93. The van der Waals surface area contributed by atoms with Crippen LogP contribution in [0.4, 0.5) is 4.39 Å². The van der Waals surface area contributed by atoms with Crippen LogP contribution >= 0.6 is 22.9 Å². The molecule has 0 saturated heterocycles. The van der Waals surface area contributed by atoms with Gasteiger partial charge in [-0.05, 0) is 31.2 Å². The van der Waals surface area contributed by atoms with Gasteiger partial charge < -0.3 is 10.1 Å². The van der Waals surface area contributed by atoms with E-state index in [1.54, 1.807) is 29.6 Å². The molecule has 1 N–H and O–H groups in total. The Bertz CT molecular complexity index is 909. The zero-order valence-corrected chi connectivity index (χ0v) is 15.5. The van der Waals surface area contributed by atoms with Gasteiger partial charge in [0.1, 0.15) is 28.9 Å². The lowest BCUT2D eigenvalue weighted by atomic mass is 10.2. The number of ether oxygens (including phenoxy) is 1. The predicted molar refractivity (Wildman–Crippen MR) is 101 cm³/mol. The molecule has 4 nitrogen and oxygen atoms in total. The molecule has 2 aromatic carbocycles. The Morgan fingerprint density at radius 2 is 2.12 bits per heavy atom. The van der Waals surface area contributed by atoms with Crippen LogP contribution in [0.25, 0.3) is 10.6 Å². The van der Waals surface area contributed by atoms with E-state index in [0.717, 1.165) is 5.56 Å². The van der Waals surface area contributed by atoms with Crippen molar-refractivity contribution < 1.29 is 13.9 Å². The Kier molecular flexibility index (Phi) is 5.85. The summed E-state index contributed by atoms with van der Waals surface area (Å²) in [7, 11) is 0. The fourth-order valence-electron chi connectivity index (χ4n) is 2.31. The highest BCUT2D eigenvalue weighted by Crippen LogP contribution is 2.28. The Hall–Kier alpha value is -2.44. The molecule has 0 unspecified atom stereocenters. The largest absolute Gasteiger partial charge is 0.489 e. The molecule has 0 atom stereocenters. The molecule has 134 valence electrons. The molecule has 0 spiro atoms. The molecule has 3 aromatic rings. The van der Waals surface area contributed by atoms with Gasteiger partial charge in [-0.25, -0.2) is 9.37 Å². The van der Waals surface area contributed by atoms with E-state index in [-0.39, 0.29) is 12.5 Å². The molecule has 0 radical (unpaired) electrons. The zero-order valence-electron chi connectivity index (χ0n) is 14.0. The van der Waals surface area contributed by atoms with E-state index >= 15 is 0 Å². The van der Waals surface area contributed by atoms with E-state index in [1.807, 2.05) is 19.1 Å². The van der Waals surface area contributed by atoms with E-state index in [4.69, 9.17) is 16.3 Å². The first-order chi connectivity index (χ1) is 12.6. The van der Waals surface area contributed by atoms with Crippen LogP contribution in [-0.2, 0) is 6.61 Å². The topological polar surface area (TPSA) is 51.2 Å². The smallest absolute Gasteiger partial charge is 0.270 e. The first-order valence-electron chi connectivity index (χ1n) is 7.98. The highest BCUT2D eigenvalue weighted by Gasteiger charge is 2.12. The Labute approximate surface area is 159 Å². The summed E-state index contributed by atoms with van der Waals surface area (Å²) in [5.74, 6) is -0.0339. The first-order valence-corrected chi connectivity index (χ1v) is 9.24. The number of hydrogen-bond acceptors (Lipinski definition) is 4. The van der Waals surface area contributed by atoms with E-state index in [0.29, 0.717) is 33.6 Å². The van der Waals surface area contributed by atoms with Gasteiger partial charge in [-0.2, -0.15) is 0 Å². The number of halogens is 2. The normalized spacial score (nSPS) is 10.6. The van der Waals surface area contributed by atoms with Crippen LogP contribution < -0.4 is 10.1 Å². The maximum Gasteiger partial charge on any atom is 0.270 e. The van der Waals surface area contributed by atoms with Crippen LogP contribution in [0.5, 0.6) is 5.75 Å². The van der Waals surface area contributed by atoms with Crippen molar-refractivity contribution in [2.24, 2.45) is 0 Å². The van der Waals surface area contributed by atoms with Crippen molar-refractivity contribution in [3.63, 3.8) is 0 Å². The molecule has 0 fully saturated rings. The van der Waals surface area contributed by atoms with Gasteiger partial charge in [0.05, 0.1) is 5.02 Å². The second-order valence-corrected chi connectivity index (χ2v) is 6.68. The highest BCUT2D eigenvalue weighted by atomic mass is 35.5. The average molecular weight is 391 g/mol. The summed E-state index contributed by atoms with van der Waals surface area (Å²) in [6.45, 7) is 2.43. The lowest BCUT2D eigenvalue weighted by molar-refractivity contribution is 0.0951. The van der Waals surface area contributed by atoms with Crippen molar-refractivity contribution in [3.8, 4) is 16.3 Å². The van der Waals surface area contributed by atoms with Crippen molar-refractivity contribution in [1.29, 1.82) is 0 Å². The van der Waals surface area contributed by atoms with Crippen LogP contribution in [-0.4, -0.2) is 17.4 Å². The summed E-state index contributed by atoms with van der Waals surface area (Å²) in [5, 5.41) is 5.47. The molecule has 7 heteroatoms. The molecule has 1 heterocycles. The SMILES string of the molecule is CCNC(=O)c1csc(-c2cccc(OCc3c(F)cccc3Cl)c2)n1. The molecular weight excluding hydrogens is 375 g/mol. The fraction of sp³-hybridized carbons (Fsp3) is 0.158. The number of benzene rings is 2. The van der Waals surface area contributed by atoms with Crippen LogP contribution in [0, 0.1) is 5.82 Å². The van der Waals surface area contributed by atoms with Gasteiger partial charge in [-0.3, -0.25) is 4.79 Å². The third kappa shape index (κ3) is 4.20. The van der Waals surface area contributed by atoms with Gasteiger partial charge >= 0.3 is 0 Å². The molecule has 0 aliphatic carbocycles. The number of nitrogens with one attached hydrogen (secondary N) is 1. The standard InChI is InChI=1S/C19H16ClFN2O2S/c1-2-22-18(24)17-11-26-19(23-17)12-5-3-6-13(9-12)25-10-14-15(20)7-4-8-16(14)21/h3-9,11H,2,10H2,1H3,(H,22,24). The Morgan fingerprint density at radius 3 is 2.88 bits per heavy atom. The first kappa shape index (κ1) is 18.4. The molecule has 3 rings (SSSR count). The quantitative estimate of drug-likeness (QED) is 0.649. The van der Waals surface area contributed by atoms with Crippen LogP contribution in [0.3, 0.4) is 0 Å². The maximum atomic E-state index is 13.8. The molecular formula is C19H16ClFN2O2S. The third-order valence-electron chi connectivity index (χ3n) is 3.60. The summed E-state index contributed by atoms with van der Waals surface area (Å²) >= 11 is 7.39. The Balaban J connectivity index is 1.75. The van der Waals surface area contributed by atoms with Crippen molar-refractivity contribution >= 4 is 28.8 Å². The van der Waals surface area contributed by atoms with E-state index in [2.05, 4.69) is 10.3 Å². The molecule has 0 bridgehead atoms. The number of nitrogens with zero attached hydrogens (tertiary/aromatic N) is 1. The molecule has 26 heavy (non-hydrogen) atoms. The number of thiazole rings is 1. The molecule has 0 aliphatic heterocycles. The molecule has 0 aliphatic rings. The summed E-state index contributed by atoms with van der Waals surface area (Å²) < 4.78 is 19.5. The van der Waals surface area contributed by atoms with E-state index in [1.165, 1.54) is 17.4 Å². The summed E-state index contributed by atoms with van der Waals surface area (Å²) in [5.41, 5.74) is 1.52. The third-order valence-corrected chi connectivity index (χ3v) is 4.85. The summed E-state index contributed by atoms with van der Waals surface area (Å²) in [6.07, 6.45) is 0. The molecule has 0 saturated carbocycles. The van der Waals surface area contributed by atoms with Gasteiger partial charge in [0.25, 0.3) is 5.91 Å². The van der Waals surface area contributed by atoms with Crippen molar-refractivity contribution in [2.45, 2.75) is 13.5 Å². The number of hydrogen-bond donors (Lipinski definition) is 1. The minimum atomic E-state index is -0.403. The van der Waals surface area contributed by atoms with Crippen LogP contribution in [0.15, 0.2) is 47.8 Å². The zero-order chi connectivity index (χ0) is 18.5. The minimum Gasteiger partial charge on any atom is -0.489 e. The number of rotatable bonds is 6. The van der Waals surface area contributed by atoms with Crippen molar-refractivity contribution in [3.05, 3.63) is 69.9 Å². The van der Waals surface area contributed by atoms with E-state index < -0.39 is 5.82 Å². The van der Waals surface area contributed by atoms with Crippen LogP contribution in [0.1, 0.15) is 23.0 Å². The minimum absolute atomic E-state index is 0.0248. The molecule has 1 amide bonds. The maximum absolute atomic E-state index is 13.8. The van der Waals surface area contributed by atoms with Gasteiger partial charge in [0.15, 0.2) is 0 Å². The molecule has 1 aromatic heterocycles. The Morgan fingerprint density at radius 1 is 1.31 bits per heavy atom. The lowest BCUT2D eigenvalue weighted by Crippen LogP contribution is -2.22. The number of carbonyl (C=O) groups is 1. The number of aromatic nitrogens is 1. The monoisotopic (exact) mass is 390 g/mol. The fourth-order valence-corrected chi connectivity index (χ4v) is 3.32. The highest BCUT2D eigenvalue weighted by molar-refractivity contribution is 7.13. The van der Waals surface area contributed by atoms with E-state index in [9.17, 15) is 9.18 Å². The van der Waals surface area contributed by atoms with Crippen LogP contribution in [0.2, 0.25) is 5.02 Å². The average Bonchev–Trinajstić information content (AvgIpc) is 3.12. The van der Waals surface area contributed by atoms with Crippen molar-refractivity contribution in [1.82, 2.24) is 10.3 Å². The van der Waals surface area contributed by atoms with Gasteiger partial charge in [-0.15, -0.1) is 11.3 Å². The number of carbonyl (C=O) groups excluding carboxylic acids is 1. The lowest BCUT2D eigenvalue weighted by Gasteiger charge is -2.09. The second kappa shape index (κ2) is 8.29. The number of amides is 1. The van der Waals surface area contributed by atoms with Crippen molar-refractivity contribution in [2.75, 3.05) is 6.54 Å². The van der Waals surface area contributed by atoms with Gasteiger partial charge in [-0.1, -0.05) is 29.8 Å². The van der Waals surface area contributed by atoms with Gasteiger partial charge in [0, 0.05) is 23.1 Å². The summed E-state index contributed by atoms with van der Waals surface area (Å²) in [6, 6.07) is 11.8. The van der Waals surface area contributed by atoms with Gasteiger partial charge in [0.2, 0.25) is 0 Å². The summed E-state index contributed by atoms with van der Waals surface area (Å²) in [4.78, 5) is 16.2. The second-order valence-electron chi connectivity index (χ2n) is 5.41.